The fraction of sp³-hybridized carbons (Fsp3) is 0.500. The molecular weight excluding hydrogens is 382 g/mol. The van der Waals surface area contributed by atoms with Gasteiger partial charge in [-0.25, -0.2) is 9.79 Å². The molecule has 0 aliphatic carbocycles. The number of esters is 1. The Hall–Kier alpha value is -3.03. The van der Waals surface area contributed by atoms with E-state index in [0.717, 1.165) is 23.8 Å². The van der Waals surface area contributed by atoms with Crippen LogP contribution in [0.2, 0.25) is 0 Å². The van der Waals surface area contributed by atoms with Crippen molar-refractivity contribution in [1.29, 1.82) is 0 Å². The first kappa shape index (κ1) is 23.3. The van der Waals surface area contributed by atoms with Crippen molar-refractivity contribution in [2.24, 2.45) is 12.0 Å². The van der Waals surface area contributed by atoms with Gasteiger partial charge < -0.3 is 19.7 Å². The van der Waals surface area contributed by atoms with Crippen LogP contribution in [-0.4, -0.2) is 54.4 Å². The van der Waals surface area contributed by atoms with E-state index in [1.807, 2.05) is 37.8 Å². The summed E-state index contributed by atoms with van der Waals surface area (Å²) < 4.78 is 12.0. The summed E-state index contributed by atoms with van der Waals surface area (Å²) in [6.45, 7) is 8.26. The number of carbonyl (C=O) groups is 1. The normalized spacial score (nSPS) is 11.5. The molecule has 2 rings (SSSR count). The molecule has 2 aromatic rings. The molecule has 0 atom stereocenters. The third kappa shape index (κ3) is 5.75. The molecule has 0 aliphatic rings. The highest BCUT2D eigenvalue weighted by Crippen LogP contribution is 2.22. The largest absolute Gasteiger partial charge is 0.496 e. The second-order valence-electron chi connectivity index (χ2n) is 7.42. The van der Waals surface area contributed by atoms with Gasteiger partial charge in [-0.3, -0.25) is 4.68 Å². The summed E-state index contributed by atoms with van der Waals surface area (Å²) in [5.74, 6) is 1.21. The fourth-order valence-electron chi connectivity index (χ4n) is 3.24. The highest BCUT2D eigenvalue weighted by atomic mass is 16.5. The van der Waals surface area contributed by atoms with Gasteiger partial charge in [-0.1, -0.05) is 19.9 Å². The number of methoxy groups -OCH3 is 2. The number of hydrogen-bond acceptors (Lipinski definition) is 5. The average molecular weight is 416 g/mol. The molecule has 0 saturated carbocycles. The number of aliphatic imine (C=N–C) groups is 1. The molecule has 0 fully saturated rings. The Morgan fingerprint density at radius 3 is 2.67 bits per heavy atom. The van der Waals surface area contributed by atoms with Crippen LogP contribution in [0.4, 0.5) is 0 Å². The predicted octanol–water partition coefficient (Wildman–Crippen LogP) is 2.94. The lowest BCUT2D eigenvalue weighted by Gasteiger charge is -2.22. The number of rotatable bonds is 8. The molecule has 1 aromatic carbocycles. The molecule has 0 bridgehead atoms. The fourth-order valence-corrected chi connectivity index (χ4v) is 3.24. The number of carbonyl (C=O) groups excluding carboxylic acids is 1. The predicted molar refractivity (Wildman–Crippen MR) is 118 cm³/mol. The van der Waals surface area contributed by atoms with Crippen LogP contribution in [0.5, 0.6) is 5.75 Å². The maximum Gasteiger partial charge on any atom is 0.341 e. The SMILES string of the molecule is CCNC(=NCc1ccc(C(=O)OC)c(OC)c1)N(C)Cc1cn(C)nc1C(C)C. The molecule has 1 heterocycles. The van der Waals surface area contributed by atoms with Gasteiger partial charge >= 0.3 is 5.97 Å². The number of ether oxygens (including phenoxy) is 2. The van der Waals surface area contributed by atoms with Crippen LogP contribution in [0, 0.1) is 0 Å². The van der Waals surface area contributed by atoms with Crippen LogP contribution in [0.25, 0.3) is 0 Å². The Balaban J connectivity index is 2.20. The zero-order chi connectivity index (χ0) is 22.3. The van der Waals surface area contributed by atoms with Gasteiger partial charge in [-0.2, -0.15) is 5.10 Å². The molecule has 164 valence electrons. The van der Waals surface area contributed by atoms with Gasteiger partial charge in [0.1, 0.15) is 11.3 Å². The van der Waals surface area contributed by atoms with E-state index in [4.69, 9.17) is 14.5 Å². The maximum absolute atomic E-state index is 11.8. The van der Waals surface area contributed by atoms with E-state index >= 15 is 0 Å². The molecule has 0 saturated heterocycles. The molecule has 30 heavy (non-hydrogen) atoms. The minimum Gasteiger partial charge on any atom is -0.496 e. The Kier molecular flexibility index (Phi) is 8.26. The number of benzene rings is 1. The Morgan fingerprint density at radius 2 is 2.07 bits per heavy atom. The molecule has 0 spiro atoms. The summed E-state index contributed by atoms with van der Waals surface area (Å²) >= 11 is 0. The smallest absolute Gasteiger partial charge is 0.341 e. The van der Waals surface area contributed by atoms with E-state index in [0.29, 0.717) is 30.3 Å². The summed E-state index contributed by atoms with van der Waals surface area (Å²) in [5.41, 5.74) is 3.62. The van der Waals surface area contributed by atoms with Gasteiger partial charge in [0.05, 0.1) is 26.5 Å². The minimum absolute atomic E-state index is 0.356. The van der Waals surface area contributed by atoms with Crippen molar-refractivity contribution in [3.05, 3.63) is 46.8 Å². The van der Waals surface area contributed by atoms with Crippen LogP contribution in [0.1, 0.15) is 53.9 Å². The topological polar surface area (TPSA) is 81.0 Å². The molecule has 8 nitrogen and oxygen atoms in total. The van der Waals surface area contributed by atoms with Crippen LogP contribution < -0.4 is 10.1 Å². The molecule has 1 N–H and O–H groups in total. The van der Waals surface area contributed by atoms with Gasteiger partial charge in [-0.05, 0) is 30.5 Å². The Labute approximate surface area is 178 Å². The lowest BCUT2D eigenvalue weighted by Crippen LogP contribution is -2.38. The number of aromatic nitrogens is 2. The lowest BCUT2D eigenvalue weighted by molar-refractivity contribution is 0.0597. The molecule has 1 aromatic heterocycles. The van der Waals surface area contributed by atoms with Crippen molar-refractivity contribution in [2.45, 2.75) is 39.8 Å². The first-order valence-corrected chi connectivity index (χ1v) is 10.1. The van der Waals surface area contributed by atoms with Crippen LogP contribution in [0.15, 0.2) is 29.4 Å². The monoisotopic (exact) mass is 415 g/mol. The highest BCUT2D eigenvalue weighted by Gasteiger charge is 2.16. The van der Waals surface area contributed by atoms with Crippen molar-refractivity contribution in [2.75, 3.05) is 27.8 Å². The Morgan fingerprint density at radius 1 is 1.33 bits per heavy atom. The van der Waals surface area contributed by atoms with E-state index < -0.39 is 5.97 Å². The summed E-state index contributed by atoms with van der Waals surface area (Å²) in [6.07, 6.45) is 2.06. The second kappa shape index (κ2) is 10.7. The number of hydrogen-bond donors (Lipinski definition) is 1. The van der Waals surface area contributed by atoms with Crippen LogP contribution in [-0.2, 0) is 24.9 Å². The van der Waals surface area contributed by atoms with Crippen molar-refractivity contribution in [3.8, 4) is 5.75 Å². The molecule has 0 aliphatic heterocycles. The first-order valence-electron chi connectivity index (χ1n) is 10.1. The van der Waals surface area contributed by atoms with E-state index in [-0.39, 0.29) is 0 Å². The minimum atomic E-state index is -0.424. The molecular formula is C22H33N5O3. The lowest BCUT2D eigenvalue weighted by atomic mass is 10.1. The van der Waals surface area contributed by atoms with Gasteiger partial charge in [-0.15, -0.1) is 0 Å². The average Bonchev–Trinajstić information content (AvgIpc) is 3.10. The highest BCUT2D eigenvalue weighted by molar-refractivity contribution is 5.92. The van der Waals surface area contributed by atoms with Crippen molar-refractivity contribution >= 4 is 11.9 Å². The Bertz CT molecular complexity index is 889. The van der Waals surface area contributed by atoms with Gasteiger partial charge in [0.2, 0.25) is 0 Å². The number of nitrogens with zero attached hydrogens (tertiary/aromatic N) is 4. The van der Waals surface area contributed by atoms with E-state index in [2.05, 4.69) is 35.4 Å². The number of guanidine groups is 1. The van der Waals surface area contributed by atoms with Crippen LogP contribution in [0.3, 0.4) is 0 Å². The third-order valence-corrected chi connectivity index (χ3v) is 4.67. The second-order valence-corrected chi connectivity index (χ2v) is 7.42. The van der Waals surface area contributed by atoms with Gasteiger partial charge in [0, 0.05) is 38.9 Å². The zero-order valence-electron chi connectivity index (χ0n) is 19.0. The van der Waals surface area contributed by atoms with Crippen molar-refractivity contribution < 1.29 is 14.3 Å². The first-order chi connectivity index (χ1) is 14.3. The third-order valence-electron chi connectivity index (χ3n) is 4.67. The number of aryl methyl sites for hydroxylation is 1. The molecule has 8 heteroatoms. The summed E-state index contributed by atoms with van der Waals surface area (Å²) in [6, 6.07) is 5.38. The quantitative estimate of drug-likeness (QED) is 0.406. The number of nitrogens with one attached hydrogen (secondary N) is 1. The molecule has 0 unspecified atom stereocenters. The van der Waals surface area contributed by atoms with Gasteiger partial charge in [0.25, 0.3) is 0 Å². The van der Waals surface area contributed by atoms with E-state index in [9.17, 15) is 4.79 Å². The summed E-state index contributed by atoms with van der Waals surface area (Å²) in [4.78, 5) is 18.7. The van der Waals surface area contributed by atoms with E-state index in [1.54, 1.807) is 6.07 Å². The maximum atomic E-state index is 11.8. The summed E-state index contributed by atoms with van der Waals surface area (Å²) in [5, 5.41) is 7.93. The standard InChI is InChI=1S/C22H33N5O3/c1-8-23-22(26(4)13-17-14-27(5)25-20(17)15(2)3)24-12-16-9-10-18(21(28)30-7)19(11-16)29-6/h9-11,14-15H,8,12-13H2,1-7H3,(H,23,24). The molecule has 0 amide bonds. The summed E-state index contributed by atoms with van der Waals surface area (Å²) in [7, 11) is 6.85. The zero-order valence-corrected chi connectivity index (χ0v) is 19.0. The van der Waals surface area contributed by atoms with E-state index in [1.165, 1.54) is 19.8 Å². The van der Waals surface area contributed by atoms with Gasteiger partial charge in [0.15, 0.2) is 5.96 Å². The van der Waals surface area contributed by atoms with Crippen molar-refractivity contribution in [1.82, 2.24) is 20.0 Å². The molecule has 0 radical (unpaired) electrons. The van der Waals surface area contributed by atoms with Crippen molar-refractivity contribution in [3.63, 3.8) is 0 Å². The van der Waals surface area contributed by atoms with Crippen LogP contribution >= 0.6 is 0 Å².